The van der Waals surface area contributed by atoms with Crippen LogP contribution < -0.4 is 5.32 Å². The Bertz CT molecular complexity index is 1350. The summed E-state index contributed by atoms with van der Waals surface area (Å²) in [6.45, 7) is 4.93. The SMILES string of the molecule is C=C(O)C(F)(F)c1ccc(CC(=O)Nc2ccc(-c3nccnc3-c3ccc(C)cc3)cc2)cc1. The number of carbonyl (C=O) groups excluding carboxylic acids is 1. The van der Waals surface area contributed by atoms with Crippen LogP contribution in [0.2, 0.25) is 0 Å². The predicted molar refractivity (Wildman–Crippen MR) is 132 cm³/mol. The fourth-order valence-corrected chi connectivity index (χ4v) is 3.57. The third-order valence-electron chi connectivity index (χ3n) is 5.51. The highest BCUT2D eigenvalue weighted by molar-refractivity contribution is 5.92. The van der Waals surface area contributed by atoms with Crippen LogP contribution in [0, 0.1) is 6.92 Å². The maximum atomic E-state index is 13.8. The number of amides is 1. The van der Waals surface area contributed by atoms with Crippen molar-refractivity contribution in [3.8, 4) is 22.5 Å². The largest absolute Gasteiger partial charge is 0.506 e. The molecule has 4 aromatic rings. The smallest absolute Gasteiger partial charge is 0.328 e. The molecule has 0 aliphatic carbocycles. The Balaban J connectivity index is 1.45. The molecule has 1 heterocycles. The first-order valence-electron chi connectivity index (χ1n) is 10.9. The number of nitrogens with one attached hydrogen (secondary N) is 1. The number of carbonyl (C=O) groups is 1. The second-order valence-electron chi connectivity index (χ2n) is 8.14. The van der Waals surface area contributed by atoms with Gasteiger partial charge in [-0.25, -0.2) is 0 Å². The van der Waals surface area contributed by atoms with E-state index in [9.17, 15) is 13.6 Å². The van der Waals surface area contributed by atoms with Gasteiger partial charge in [-0.1, -0.05) is 72.8 Å². The van der Waals surface area contributed by atoms with E-state index in [4.69, 9.17) is 5.11 Å². The van der Waals surface area contributed by atoms with Gasteiger partial charge in [0.05, 0.1) is 17.8 Å². The van der Waals surface area contributed by atoms with E-state index in [0.29, 0.717) is 11.3 Å². The zero-order valence-corrected chi connectivity index (χ0v) is 19.0. The van der Waals surface area contributed by atoms with Gasteiger partial charge in [0.25, 0.3) is 0 Å². The second-order valence-corrected chi connectivity index (χ2v) is 8.14. The maximum Gasteiger partial charge on any atom is 0.328 e. The van der Waals surface area contributed by atoms with Crippen LogP contribution in [0.4, 0.5) is 14.5 Å². The van der Waals surface area contributed by atoms with Crippen molar-refractivity contribution in [2.24, 2.45) is 0 Å². The number of alkyl halides is 2. The molecule has 0 radical (unpaired) electrons. The fourth-order valence-electron chi connectivity index (χ4n) is 3.57. The molecule has 0 bridgehead atoms. The van der Waals surface area contributed by atoms with Crippen molar-refractivity contribution < 1.29 is 18.7 Å². The average molecular weight is 472 g/mol. The number of anilines is 1. The van der Waals surface area contributed by atoms with Crippen molar-refractivity contribution in [2.45, 2.75) is 19.3 Å². The van der Waals surface area contributed by atoms with Gasteiger partial charge < -0.3 is 10.4 Å². The van der Waals surface area contributed by atoms with Crippen LogP contribution in [0.3, 0.4) is 0 Å². The molecular formula is C28H23F2N3O2. The molecule has 0 aliphatic heterocycles. The van der Waals surface area contributed by atoms with Crippen LogP contribution >= 0.6 is 0 Å². The van der Waals surface area contributed by atoms with Gasteiger partial charge in [-0.05, 0) is 24.6 Å². The van der Waals surface area contributed by atoms with Crippen molar-refractivity contribution >= 4 is 11.6 Å². The summed E-state index contributed by atoms with van der Waals surface area (Å²) in [4.78, 5) is 21.5. The predicted octanol–water partition coefficient (Wildman–Crippen LogP) is 6.46. The summed E-state index contributed by atoms with van der Waals surface area (Å²) in [6.07, 6.45) is 3.30. The van der Waals surface area contributed by atoms with E-state index in [1.54, 1.807) is 24.5 Å². The second kappa shape index (κ2) is 9.85. The molecule has 1 amide bonds. The molecule has 35 heavy (non-hydrogen) atoms. The Morgan fingerprint density at radius 1 is 0.886 bits per heavy atom. The van der Waals surface area contributed by atoms with Crippen molar-refractivity contribution in [3.05, 3.63) is 114 Å². The molecule has 7 heteroatoms. The molecule has 2 N–H and O–H groups in total. The summed E-state index contributed by atoms with van der Waals surface area (Å²) in [6, 6.07) is 20.5. The van der Waals surface area contributed by atoms with Gasteiger partial charge in [0.1, 0.15) is 0 Å². The normalized spacial score (nSPS) is 11.2. The molecule has 0 saturated carbocycles. The molecule has 5 nitrogen and oxygen atoms in total. The quantitative estimate of drug-likeness (QED) is 0.303. The number of aliphatic hydroxyl groups is 1. The van der Waals surface area contributed by atoms with E-state index in [-0.39, 0.29) is 12.3 Å². The fraction of sp³-hybridized carbons (Fsp3) is 0.107. The Kier molecular flexibility index (Phi) is 6.68. The standard InChI is InChI=1S/C28H23F2N3O2/c1-18-3-7-21(8-4-18)26-27(32-16-15-31-26)22-9-13-24(14-10-22)33-25(35)17-20-5-11-23(12-6-20)28(29,30)19(2)34/h3-16,34H,2,17H2,1H3,(H,33,35). The van der Waals surface area contributed by atoms with E-state index in [1.807, 2.05) is 43.3 Å². The summed E-state index contributed by atoms with van der Waals surface area (Å²) in [5.41, 5.74) is 5.24. The first kappa shape index (κ1) is 23.8. The molecule has 0 saturated heterocycles. The van der Waals surface area contributed by atoms with E-state index >= 15 is 0 Å². The van der Waals surface area contributed by atoms with Crippen molar-refractivity contribution in [1.82, 2.24) is 9.97 Å². The number of nitrogens with zero attached hydrogens (tertiary/aromatic N) is 2. The van der Waals surface area contributed by atoms with Crippen LogP contribution in [0.15, 0.2) is 97.5 Å². The van der Waals surface area contributed by atoms with Gasteiger partial charge in [0.2, 0.25) is 5.91 Å². The van der Waals surface area contributed by atoms with Crippen LogP contribution in [0.25, 0.3) is 22.5 Å². The van der Waals surface area contributed by atoms with Gasteiger partial charge in [-0.2, -0.15) is 8.78 Å². The van der Waals surface area contributed by atoms with E-state index in [1.165, 1.54) is 24.3 Å². The number of allylic oxidation sites excluding steroid dienone is 1. The van der Waals surface area contributed by atoms with Crippen LogP contribution in [-0.2, 0) is 17.1 Å². The number of aromatic nitrogens is 2. The zero-order valence-electron chi connectivity index (χ0n) is 19.0. The van der Waals surface area contributed by atoms with E-state index in [0.717, 1.165) is 28.1 Å². The number of aliphatic hydroxyl groups excluding tert-OH is 1. The third kappa shape index (κ3) is 5.41. The molecule has 4 rings (SSSR count). The molecular weight excluding hydrogens is 448 g/mol. The van der Waals surface area contributed by atoms with Crippen LogP contribution in [-0.4, -0.2) is 21.0 Å². The molecule has 1 aromatic heterocycles. The minimum Gasteiger partial charge on any atom is -0.506 e. The summed E-state index contributed by atoms with van der Waals surface area (Å²) in [5, 5.41) is 11.9. The number of aryl methyl sites for hydroxylation is 1. The van der Waals surface area contributed by atoms with Gasteiger partial charge >= 0.3 is 5.92 Å². The summed E-state index contributed by atoms with van der Waals surface area (Å²) >= 11 is 0. The minimum atomic E-state index is -3.54. The monoisotopic (exact) mass is 471 g/mol. The molecule has 0 aliphatic rings. The van der Waals surface area contributed by atoms with E-state index in [2.05, 4.69) is 21.9 Å². The lowest BCUT2D eigenvalue weighted by Crippen LogP contribution is -2.17. The van der Waals surface area contributed by atoms with Crippen LogP contribution in [0.5, 0.6) is 0 Å². The Labute approximate surface area is 201 Å². The number of hydrogen-bond donors (Lipinski definition) is 2. The molecule has 176 valence electrons. The van der Waals surface area contributed by atoms with Crippen molar-refractivity contribution in [1.29, 1.82) is 0 Å². The summed E-state index contributed by atoms with van der Waals surface area (Å²) in [5.74, 6) is -5.05. The lowest BCUT2D eigenvalue weighted by Gasteiger charge is -2.15. The number of rotatable bonds is 7. The van der Waals surface area contributed by atoms with E-state index < -0.39 is 17.2 Å². The number of halogens is 2. The summed E-state index contributed by atoms with van der Waals surface area (Å²) < 4.78 is 27.6. The van der Waals surface area contributed by atoms with Gasteiger partial charge in [-0.3, -0.25) is 14.8 Å². The van der Waals surface area contributed by atoms with Crippen molar-refractivity contribution in [3.63, 3.8) is 0 Å². The van der Waals surface area contributed by atoms with Crippen molar-refractivity contribution in [2.75, 3.05) is 5.32 Å². The first-order chi connectivity index (χ1) is 16.7. The third-order valence-corrected chi connectivity index (χ3v) is 5.51. The lowest BCUT2D eigenvalue weighted by molar-refractivity contribution is -0.115. The highest BCUT2D eigenvalue weighted by Gasteiger charge is 2.35. The molecule has 0 fully saturated rings. The Morgan fingerprint density at radius 2 is 1.40 bits per heavy atom. The molecule has 0 atom stereocenters. The molecule has 3 aromatic carbocycles. The molecule has 0 spiro atoms. The first-order valence-corrected chi connectivity index (χ1v) is 10.9. The van der Waals surface area contributed by atoms with Gasteiger partial charge in [0, 0.05) is 34.8 Å². The number of hydrogen-bond acceptors (Lipinski definition) is 4. The average Bonchev–Trinajstić information content (AvgIpc) is 2.85. The van der Waals surface area contributed by atoms with Gasteiger partial charge in [0.15, 0.2) is 5.76 Å². The molecule has 0 unspecified atom stereocenters. The Hall–Kier alpha value is -4.39. The summed E-state index contributed by atoms with van der Waals surface area (Å²) in [7, 11) is 0. The Morgan fingerprint density at radius 3 is 1.91 bits per heavy atom. The lowest BCUT2D eigenvalue weighted by atomic mass is 10.0. The highest BCUT2D eigenvalue weighted by Crippen LogP contribution is 2.33. The van der Waals surface area contributed by atoms with Crippen LogP contribution in [0.1, 0.15) is 16.7 Å². The van der Waals surface area contributed by atoms with Gasteiger partial charge in [-0.15, -0.1) is 0 Å². The maximum absolute atomic E-state index is 13.8. The zero-order chi connectivity index (χ0) is 25.0. The minimum absolute atomic E-state index is 0.00933. The number of benzene rings is 3. The highest BCUT2D eigenvalue weighted by atomic mass is 19.3. The topological polar surface area (TPSA) is 75.1 Å².